The number of anilines is 1. The molecule has 1 saturated heterocycles. The molecule has 2 atom stereocenters. The average molecular weight is 358 g/mol. The molecule has 1 fully saturated rings. The normalized spacial score (nSPS) is 26.1. The highest BCUT2D eigenvalue weighted by molar-refractivity contribution is 7.18. The summed E-state index contributed by atoms with van der Waals surface area (Å²) in [5, 5.41) is 10.2. The Balaban J connectivity index is 1.53. The second-order valence-corrected chi connectivity index (χ2v) is 8.13. The van der Waals surface area contributed by atoms with E-state index < -0.39 is 0 Å². The number of hydrogen-bond donors (Lipinski definition) is 2. The van der Waals surface area contributed by atoms with Gasteiger partial charge in [0.1, 0.15) is 4.88 Å². The van der Waals surface area contributed by atoms with Crippen molar-refractivity contribution in [1.29, 1.82) is 0 Å². The van der Waals surface area contributed by atoms with Gasteiger partial charge in [0, 0.05) is 36.3 Å². The molecule has 1 amide bonds. The molecule has 5 heterocycles. The molecule has 0 aromatic carbocycles. The molecule has 2 aromatic heterocycles. The molecule has 0 bridgehead atoms. The molecule has 0 aliphatic carbocycles. The Kier molecular flexibility index (Phi) is 3.78. The minimum atomic E-state index is 0.0552. The van der Waals surface area contributed by atoms with Crippen LogP contribution in [0.5, 0.6) is 0 Å². The van der Waals surface area contributed by atoms with E-state index in [1.54, 1.807) is 11.3 Å². The molecule has 2 aromatic rings. The minimum absolute atomic E-state index is 0.0552. The lowest BCUT2D eigenvalue weighted by molar-refractivity contribution is -0.00489. The molecule has 0 radical (unpaired) electrons. The van der Waals surface area contributed by atoms with Crippen LogP contribution in [0.1, 0.15) is 40.9 Å². The predicted octanol–water partition coefficient (Wildman–Crippen LogP) is 2.57. The van der Waals surface area contributed by atoms with Crippen LogP contribution in [0.25, 0.3) is 10.4 Å². The van der Waals surface area contributed by atoms with Crippen LogP contribution >= 0.6 is 11.3 Å². The fourth-order valence-electron chi connectivity index (χ4n) is 4.34. The van der Waals surface area contributed by atoms with E-state index in [-0.39, 0.29) is 18.1 Å². The molecule has 0 spiro atoms. The van der Waals surface area contributed by atoms with Gasteiger partial charge in [0.05, 0.1) is 24.0 Å². The Bertz CT molecular complexity index is 779. The highest BCUT2D eigenvalue weighted by Crippen LogP contribution is 2.45. The Morgan fingerprint density at radius 2 is 2.24 bits per heavy atom. The molecule has 0 unspecified atom stereocenters. The maximum Gasteiger partial charge on any atom is 0.263 e. The number of aromatic amines is 1. The van der Waals surface area contributed by atoms with E-state index in [1.165, 1.54) is 16.9 Å². The number of carbonyl (C=O) groups is 1. The van der Waals surface area contributed by atoms with Gasteiger partial charge in [0.2, 0.25) is 0 Å². The van der Waals surface area contributed by atoms with Crippen LogP contribution in [0, 0.1) is 0 Å². The first-order valence-corrected chi connectivity index (χ1v) is 9.95. The van der Waals surface area contributed by atoms with Crippen molar-refractivity contribution in [3.63, 3.8) is 0 Å². The largest absolute Gasteiger partial charge is 0.376 e. The smallest absolute Gasteiger partial charge is 0.263 e. The summed E-state index contributed by atoms with van der Waals surface area (Å²) in [6, 6.07) is 0.0794. The summed E-state index contributed by atoms with van der Waals surface area (Å²) in [6.07, 6.45) is 9.42. The SMILES string of the molecule is O=C1N[C@H]([C@H]2CCCCO2)CN2CCCc3c(-c4cn[nH]c4)sc1c32. The van der Waals surface area contributed by atoms with Gasteiger partial charge in [0.25, 0.3) is 5.91 Å². The number of rotatable bonds is 2. The highest BCUT2D eigenvalue weighted by atomic mass is 32.1. The van der Waals surface area contributed by atoms with E-state index in [9.17, 15) is 4.79 Å². The quantitative estimate of drug-likeness (QED) is 0.866. The molecule has 3 aliphatic rings. The molecule has 25 heavy (non-hydrogen) atoms. The third kappa shape index (κ3) is 2.57. The summed E-state index contributed by atoms with van der Waals surface area (Å²) >= 11 is 1.60. The fourth-order valence-corrected chi connectivity index (χ4v) is 5.59. The van der Waals surface area contributed by atoms with Crippen molar-refractivity contribution in [2.75, 3.05) is 24.6 Å². The number of thiophene rings is 1. The fraction of sp³-hybridized carbons (Fsp3) is 0.556. The number of H-pyrrole nitrogens is 1. The number of nitrogens with zero attached hydrogens (tertiary/aromatic N) is 2. The first kappa shape index (κ1) is 15.4. The van der Waals surface area contributed by atoms with E-state index in [4.69, 9.17) is 4.74 Å². The van der Waals surface area contributed by atoms with Crippen LogP contribution in [0.15, 0.2) is 12.4 Å². The highest BCUT2D eigenvalue weighted by Gasteiger charge is 2.37. The lowest BCUT2D eigenvalue weighted by atomic mass is 9.98. The van der Waals surface area contributed by atoms with Crippen LogP contribution in [0.3, 0.4) is 0 Å². The molecule has 2 N–H and O–H groups in total. The predicted molar refractivity (Wildman–Crippen MR) is 97.3 cm³/mol. The standard InChI is InChI=1S/C18H22N4O2S/c23-18-17-15-12(16(25-17)11-8-19-20-9-11)4-3-6-22(15)10-13(21-18)14-5-1-2-7-24-14/h8-9,13-14H,1-7,10H2,(H,19,20)(H,21,23)/t13-,14+/m0/s1. The Morgan fingerprint density at radius 3 is 3.04 bits per heavy atom. The molecule has 0 saturated carbocycles. The summed E-state index contributed by atoms with van der Waals surface area (Å²) in [4.78, 5) is 17.4. The number of nitrogens with one attached hydrogen (secondary N) is 2. The van der Waals surface area contributed by atoms with Gasteiger partial charge >= 0.3 is 0 Å². The Morgan fingerprint density at radius 1 is 1.28 bits per heavy atom. The van der Waals surface area contributed by atoms with Gasteiger partial charge in [-0.1, -0.05) is 0 Å². The van der Waals surface area contributed by atoms with Crippen LogP contribution in [0.2, 0.25) is 0 Å². The van der Waals surface area contributed by atoms with Crippen molar-refractivity contribution in [3.8, 4) is 10.4 Å². The van der Waals surface area contributed by atoms with Gasteiger partial charge in [-0.25, -0.2) is 0 Å². The molecular formula is C18H22N4O2S. The van der Waals surface area contributed by atoms with Crippen molar-refractivity contribution < 1.29 is 9.53 Å². The lowest BCUT2D eigenvalue weighted by Crippen LogP contribution is -2.50. The van der Waals surface area contributed by atoms with Gasteiger partial charge < -0.3 is 15.0 Å². The van der Waals surface area contributed by atoms with Crippen molar-refractivity contribution in [2.45, 2.75) is 44.2 Å². The second kappa shape index (κ2) is 6.14. The number of amides is 1. The van der Waals surface area contributed by atoms with Crippen molar-refractivity contribution >= 4 is 22.9 Å². The first-order chi connectivity index (χ1) is 12.3. The zero-order valence-corrected chi connectivity index (χ0v) is 14.9. The molecular weight excluding hydrogens is 336 g/mol. The number of carbonyl (C=O) groups excluding carboxylic acids is 1. The molecule has 3 aliphatic heterocycles. The van der Waals surface area contributed by atoms with E-state index in [0.29, 0.717) is 0 Å². The van der Waals surface area contributed by atoms with E-state index in [1.807, 2.05) is 12.4 Å². The molecule has 132 valence electrons. The Labute approximate surface area is 150 Å². The topological polar surface area (TPSA) is 70.2 Å². The monoisotopic (exact) mass is 358 g/mol. The summed E-state index contributed by atoms with van der Waals surface area (Å²) in [6.45, 7) is 2.67. The zero-order chi connectivity index (χ0) is 16.8. The maximum atomic E-state index is 13.0. The van der Waals surface area contributed by atoms with Gasteiger partial charge in [-0.2, -0.15) is 5.10 Å². The van der Waals surface area contributed by atoms with Crippen LogP contribution < -0.4 is 10.2 Å². The summed E-state index contributed by atoms with van der Waals surface area (Å²) < 4.78 is 5.97. The Hall–Kier alpha value is -1.86. The average Bonchev–Trinajstić information content (AvgIpc) is 3.26. The summed E-state index contributed by atoms with van der Waals surface area (Å²) in [7, 11) is 0. The van der Waals surface area contributed by atoms with Crippen molar-refractivity contribution in [1.82, 2.24) is 15.5 Å². The third-order valence-corrected chi connectivity index (χ3v) is 6.78. The van der Waals surface area contributed by atoms with Crippen LogP contribution in [-0.4, -0.2) is 47.9 Å². The number of aromatic nitrogens is 2. The van der Waals surface area contributed by atoms with Crippen LogP contribution in [0.4, 0.5) is 5.69 Å². The van der Waals surface area contributed by atoms with Gasteiger partial charge in [-0.05, 0) is 37.7 Å². The summed E-state index contributed by atoms with van der Waals surface area (Å²) in [5.74, 6) is 0.0552. The number of ether oxygens (including phenoxy) is 1. The third-order valence-electron chi connectivity index (χ3n) is 5.51. The number of hydrogen-bond acceptors (Lipinski definition) is 5. The molecule has 7 heteroatoms. The van der Waals surface area contributed by atoms with Gasteiger partial charge in [-0.15, -0.1) is 11.3 Å². The zero-order valence-electron chi connectivity index (χ0n) is 14.1. The first-order valence-electron chi connectivity index (χ1n) is 9.13. The molecule has 6 nitrogen and oxygen atoms in total. The summed E-state index contributed by atoms with van der Waals surface area (Å²) in [5.41, 5.74) is 3.55. The van der Waals surface area contributed by atoms with Crippen molar-refractivity contribution in [2.24, 2.45) is 0 Å². The van der Waals surface area contributed by atoms with Gasteiger partial charge in [0.15, 0.2) is 0 Å². The van der Waals surface area contributed by atoms with Crippen LogP contribution in [-0.2, 0) is 11.2 Å². The maximum absolute atomic E-state index is 13.0. The lowest BCUT2D eigenvalue weighted by Gasteiger charge is -2.35. The van der Waals surface area contributed by atoms with E-state index >= 15 is 0 Å². The van der Waals surface area contributed by atoms with E-state index in [2.05, 4.69) is 20.4 Å². The van der Waals surface area contributed by atoms with Gasteiger partial charge in [-0.3, -0.25) is 9.89 Å². The minimum Gasteiger partial charge on any atom is -0.376 e. The molecule has 5 rings (SSSR count). The van der Waals surface area contributed by atoms with Crippen molar-refractivity contribution in [3.05, 3.63) is 22.8 Å². The van der Waals surface area contributed by atoms with E-state index in [0.717, 1.165) is 61.5 Å². The second-order valence-electron chi connectivity index (χ2n) is 7.11.